The van der Waals surface area contributed by atoms with Gasteiger partial charge in [0.05, 0.1) is 11.9 Å². The summed E-state index contributed by atoms with van der Waals surface area (Å²) in [5, 5.41) is 0. The first-order valence-corrected chi connectivity index (χ1v) is 9.56. The van der Waals surface area contributed by atoms with Gasteiger partial charge < -0.3 is 4.74 Å². The van der Waals surface area contributed by atoms with Crippen molar-refractivity contribution in [2.45, 2.75) is 25.0 Å². The zero-order chi connectivity index (χ0) is 15.6. The number of nitrogens with zero attached hydrogens (tertiary/aromatic N) is 2. The Balaban J connectivity index is 1.50. The van der Waals surface area contributed by atoms with Crippen molar-refractivity contribution in [3.63, 3.8) is 0 Å². The number of hydrogen-bond donors (Lipinski definition) is 1. The van der Waals surface area contributed by atoms with Crippen LogP contribution in [0.25, 0.3) is 0 Å². The quantitative estimate of drug-likeness (QED) is 0.830. The molecule has 1 aromatic heterocycles. The fourth-order valence-electron chi connectivity index (χ4n) is 3.53. The van der Waals surface area contributed by atoms with Gasteiger partial charge in [0.15, 0.2) is 0 Å². The van der Waals surface area contributed by atoms with Crippen molar-refractivity contribution >= 4 is 10.0 Å². The molecular formula is C15H23N3O3S. The van der Waals surface area contributed by atoms with E-state index in [1.807, 2.05) is 12.3 Å². The molecule has 3 heterocycles. The van der Waals surface area contributed by atoms with Crippen LogP contribution in [0, 0.1) is 5.92 Å². The summed E-state index contributed by atoms with van der Waals surface area (Å²) in [6.45, 7) is 4.02. The number of likely N-dealkylation sites (tertiary alicyclic amines) is 1. The van der Waals surface area contributed by atoms with Crippen LogP contribution in [-0.2, 0) is 21.3 Å². The Kier molecular flexibility index (Phi) is 4.49. The highest BCUT2D eigenvalue weighted by Crippen LogP contribution is 2.41. The van der Waals surface area contributed by atoms with E-state index in [4.69, 9.17) is 4.74 Å². The van der Waals surface area contributed by atoms with Crippen molar-refractivity contribution in [2.24, 2.45) is 5.92 Å². The highest BCUT2D eigenvalue weighted by atomic mass is 32.2. The van der Waals surface area contributed by atoms with Gasteiger partial charge in [0.25, 0.3) is 0 Å². The molecule has 2 aliphatic rings. The molecule has 3 rings (SSSR count). The fraction of sp³-hybridized carbons (Fsp3) is 0.667. The molecule has 122 valence electrons. The number of pyridine rings is 1. The van der Waals surface area contributed by atoms with E-state index in [9.17, 15) is 8.42 Å². The molecule has 0 aliphatic carbocycles. The maximum atomic E-state index is 11.1. The first-order chi connectivity index (χ1) is 10.5. The second-order valence-electron chi connectivity index (χ2n) is 6.36. The van der Waals surface area contributed by atoms with Crippen LogP contribution in [0.1, 0.15) is 18.4 Å². The Morgan fingerprint density at radius 3 is 3.00 bits per heavy atom. The van der Waals surface area contributed by atoms with E-state index in [0.29, 0.717) is 12.5 Å². The van der Waals surface area contributed by atoms with Gasteiger partial charge in [-0.25, -0.2) is 13.1 Å². The third-order valence-corrected chi connectivity index (χ3v) is 5.30. The van der Waals surface area contributed by atoms with Gasteiger partial charge in [-0.05, 0) is 30.4 Å². The Bertz CT molecular complexity index is 600. The summed E-state index contributed by atoms with van der Waals surface area (Å²) in [7, 11) is -3.10. The fourth-order valence-corrected chi connectivity index (χ4v) is 4.02. The Morgan fingerprint density at radius 2 is 2.32 bits per heavy atom. The minimum Gasteiger partial charge on any atom is -0.372 e. The van der Waals surface area contributed by atoms with E-state index in [2.05, 4.69) is 20.7 Å². The topological polar surface area (TPSA) is 71.5 Å². The van der Waals surface area contributed by atoms with Gasteiger partial charge in [-0.15, -0.1) is 0 Å². The molecular weight excluding hydrogens is 302 g/mol. The highest BCUT2D eigenvalue weighted by Gasteiger charge is 2.52. The number of nitrogens with one attached hydrogen (secondary N) is 1. The van der Waals surface area contributed by atoms with Crippen molar-refractivity contribution in [1.29, 1.82) is 0 Å². The summed E-state index contributed by atoms with van der Waals surface area (Å²) in [5.41, 5.74) is 1.15. The van der Waals surface area contributed by atoms with Crippen LogP contribution in [-0.4, -0.2) is 56.4 Å². The predicted octanol–water partition coefficient (Wildman–Crippen LogP) is 0.612. The van der Waals surface area contributed by atoms with Gasteiger partial charge in [0.2, 0.25) is 10.0 Å². The number of rotatable bonds is 6. The average molecular weight is 325 g/mol. The number of hydrogen-bond acceptors (Lipinski definition) is 5. The average Bonchev–Trinajstić information content (AvgIpc) is 2.82. The van der Waals surface area contributed by atoms with E-state index >= 15 is 0 Å². The maximum absolute atomic E-state index is 11.1. The lowest BCUT2D eigenvalue weighted by atomic mass is 9.79. The SMILES string of the molecule is CS(=O)(=O)NCC[C@@H]1CCOC12CN(Cc1cccnc1)C2. The van der Waals surface area contributed by atoms with Gasteiger partial charge in [0.1, 0.15) is 0 Å². The molecule has 1 atom stereocenters. The lowest BCUT2D eigenvalue weighted by Gasteiger charge is -2.50. The van der Waals surface area contributed by atoms with E-state index in [-0.39, 0.29) is 5.60 Å². The van der Waals surface area contributed by atoms with Crippen LogP contribution in [0.4, 0.5) is 0 Å². The molecule has 1 aromatic rings. The summed E-state index contributed by atoms with van der Waals surface area (Å²) < 4.78 is 30.9. The molecule has 0 radical (unpaired) electrons. The normalized spacial score (nSPS) is 24.5. The molecule has 2 fully saturated rings. The summed E-state index contributed by atoms with van der Waals surface area (Å²) in [6, 6.07) is 4.04. The summed E-state index contributed by atoms with van der Waals surface area (Å²) in [6.07, 6.45) is 6.74. The molecule has 0 aromatic carbocycles. The minimum absolute atomic E-state index is 0.0681. The largest absolute Gasteiger partial charge is 0.372 e. The molecule has 1 spiro atoms. The van der Waals surface area contributed by atoms with Crippen LogP contribution in [0.2, 0.25) is 0 Å². The molecule has 2 aliphatic heterocycles. The first-order valence-electron chi connectivity index (χ1n) is 7.67. The Hall–Kier alpha value is -1.02. The van der Waals surface area contributed by atoms with Crippen molar-refractivity contribution in [2.75, 3.05) is 32.5 Å². The van der Waals surface area contributed by atoms with E-state index in [0.717, 1.165) is 39.1 Å². The van der Waals surface area contributed by atoms with Gasteiger partial charge >= 0.3 is 0 Å². The third-order valence-electron chi connectivity index (χ3n) is 4.57. The number of ether oxygens (including phenoxy) is 1. The zero-order valence-corrected chi connectivity index (χ0v) is 13.7. The van der Waals surface area contributed by atoms with Gasteiger partial charge in [-0.1, -0.05) is 6.07 Å². The third kappa shape index (κ3) is 3.65. The van der Waals surface area contributed by atoms with E-state index in [1.54, 1.807) is 6.20 Å². The van der Waals surface area contributed by atoms with Crippen LogP contribution in [0.5, 0.6) is 0 Å². The molecule has 2 saturated heterocycles. The maximum Gasteiger partial charge on any atom is 0.208 e. The standard InChI is InChI=1S/C15H23N3O3S/c1-22(19,20)17-7-4-14-5-8-21-15(14)11-18(12-15)10-13-3-2-6-16-9-13/h2-3,6,9,14,17H,4-5,7-8,10-12H2,1H3/t14-/m1/s1. The predicted molar refractivity (Wildman–Crippen MR) is 83.8 cm³/mol. The van der Waals surface area contributed by atoms with Crippen molar-refractivity contribution in [3.05, 3.63) is 30.1 Å². The molecule has 6 nitrogen and oxygen atoms in total. The van der Waals surface area contributed by atoms with E-state index < -0.39 is 10.0 Å². The first kappa shape index (κ1) is 15.9. The summed E-state index contributed by atoms with van der Waals surface area (Å²) in [4.78, 5) is 6.50. The Morgan fingerprint density at radius 1 is 1.50 bits per heavy atom. The van der Waals surface area contributed by atoms with Crippen LogP contribution >= 0.6 is 0 Å². The Labute approximate surface area is 131 Å². The second-order valence-corrected chi connectivity index (χ2v) is 8.19. The lowest BCUT2D eigenvalue weighted by Crippen LogP contribution is -2.64. The van der Waals surface area contributed by atoms with Crippen molar-refractivity contribution in [1.82, 2.24) is 14.6 Å². The summed E-state index contributed by atoms with van der Waals surface area (Å²) in [5.74, 6) is 0.437. The van der Waals surface area contributed by atoms with E-state index in [1.165, 1.54) is 11.8 Å². The highest BCUT2D eigenvalue weighted by molar-refractivity contribution is 7.88. The minimum atomic E-state index is -3.10. The number of sulfonamides is 1. The van der Waals surface area contributed by atoms with Crippen LogP contribution in [0.15, 0.2) is 24.5 Å². The van der Waals surface area contributed by atoms with Gasteiger partial charge in [0, 0.05) is 45.2 Å². The number of aromatic nitrogens is 1. The lowest BCUT2D eigenvalue weighted by molar-refractivity contribution is -0.136. The molecule has 0 bridgehead atoms. The smallest absolute Gasteiger partial charge is 0.208 e. The molecule has 0 unspecified atom stereocenters. The molecule has 7 heteroatoms. The molecule has 1 N–H and O–H groups in total. The van der Waals surface area contributed by atoms with Gasteiger partial charge in [-0.2, -0.15) is 0 Å². The second kappa shape index (κ2) is 6.23. The molecule has 22 heavy (non-hydrogen) atoms. The molecule has 0 saturated carbocycles. The monoisotopic (exact) mass is 325 g/mol. The van der Waals surface area contributed by atoms with Crippen molar-refractivity contribution in [3.8, 4) is 0 Å². The van der Waals surface area contributed by atoms with Gasteiger partial charge in [-0.3, -0.25) is 9.88 Å². The summed E-state index contributed by atoms with van der Waals surface area (Å²) >= 11 is 0. The molecule has 0 amide bonds. The van der Waals surface area contributed by atoms with Crippen LogP contribution < -0.4 is 4.72 Å². The van der Waals surface area contributed by atoms with Crippen LogP contribution in [0.3, 0.4) is 0 Å². The zero-order valence-electron chi connectivity index (χ0n) is 12.9. The van der Waals surface area contributed by atoms with Crippen molar-refractivity contribution < 1.29 is 13.2 Å².